The van der Waals surface area contributed by atoms with Gasteiger partial charge < -0.3 is 13.3 Å². The van der Waals surface area contributed by atoms with E-state index >= 15 is 0 Å². The van der Waals surface area contributed by atoms with Gasteiger partial charge in [-0.15, -0.1) is 0 Å². The van der Waals surface area contributed by atoms with Gasteiger partial charge in [-0.25, -0.2) is 4.79 Å². The average Bonchev–Trinajstić information content (AvgIpc) is 2.32. The van der Waals surface area contributed by atoms with E-state index in [9.17, 15) is 4.79 Å². The quantitative estimate of drug-likeness (QED) is 0.280. The molecule has 0 saturated heterocycles. The second-order valence-corrected chi connectivity index (χ2v) is 12.3. The molecule has 19 heavy (non-hydrogen) atoms. The highest BCUT2D eigenvalue weighted by molar-refractivity contribution is 6.73. The molecular formula is C12H30O4Si3. The van der Waals surface area contributed by atoms with Crippen molar-refractivity contribution in [3.63, 3.8) is 0 Å². The minimum Gasteiger partial charge on any atom is -0.463 e. The van der Waals surface area contributed by atoms with E-state index in [1.807, 2.05) is 6.92 Å². The van der Waals surface area contributed by atoms with Gasteiger partial charge in [-0.1, -0.05) is 13.1 Å². The standard InChI is InChI=1S/C8H16O3Si.C4H14OSi2/c1-3-8(9)10-6-5-7-12-11-4-2;1-6-5-7(2,3)4/h3H,1,4-7,12H2,2H3;6H2,1-4H3. The molecule has 0 aromatic heterocycles. The topological polar surface area (TPSA) is 44.8 Å². The maximum atomic E-state index is 10.5. The first-order valence-corrected chi connectivity index (χ1v) is 13.9. The van der Waals surface area contributed by atoms with Gasteiger partial charge >= 0.3 is 5.97 Å². The maximum Gasteiger partial charge on any atom is 0.330 e. The van der Waals surface area contributed by atoms with E-state index < -0.39 is 8.32 Å². The van der Waals surface area contributed by atoms with Crippen molar-refractivity contribution in [3.05, 3.63) is 12.7 Å². The molecule has 0 atom stereocenters. The highest BCUT2D eigenvalue weighted by atomic mass is 28.4. The lowest BCUT2D eigenvalue weighted by Gasteiger charge is -2.14. The van der Waals surface area contributed by atoms with E-state index in [-0.39, 0.29) is 25.5 Å². The molecule has 0 bridgehead atoms. The highest BCUT2D eigenvalue weighted by Crippen LogP contribution is 1.99. The van der Waals surface area contributed by atoms with Crippen LogP contribution in [0, 0.1) is 0 Å². The van der Waals surface area contributed by atoms with Gasteiger partial charge in [0.15, 0.2) is 18.1 Å². The first kappa shape index (κ1) is 21.1. The number of carbonyl (C=O) groups is 1. The Labute approximate surface area is 123 Å². The predicted octanol–water partition coefficient (Wildman–Crippen LogP) is 1.61. The van der Waals surface area contributed by atoms with Crippen molar-refractivity contribution in [2.75, 3.05) is 13.2 Å². The Bertz CT molecular complexity index is 230. The molecular weight excluding hydrogens is 292 g/mol. The molecule has 0 radical (unpaired) electrons. The molecule has 0 unspecified atom stereocenters. The normalized spacial score (nSPS) is 11.6. The highest BCUT2D eigenvalue weighted by Gasteiger charge is 2.10. The summed E-state index contributed by atoms with van der Waals surface area (Å²) in [6, 6.07) is 1.07. The summed E-state index contributed by atoms with van der Waals surface area (Å²) in [6.07, 6.45) is 2.09. The second kappa shape index (κ2) is 14.2. The number of carbonyl (C=O) groups excluding carboxylic acids is 1. The molecule has 4 nitrogen and oxygen atoms in total. The summed E-state index contributed by atoms with van der Waals surface area (Å²) in [5, 5.41) is 0. The molecule has 0 aliphatic rings. The van der Waals surface area contributed by atoms with Gasteiger partial charge in [0.2, 0.25) is 0 Å². The maximum absolute atomic E-state index is 10.5. The summed E-state index contributed by atoms with van der Waals surface area (Å²) in [7, 11) is -1.58. The second-order valence-electron chi connectivity index (χ2n) is 4.82. The van der Waals surface area contributed by atoms with Gasteiger partial charge in [-0.2, -0.15) is 0 Å². The van der Waals surface area contributed by atoms with Crippen molar-refractivity contribution >= 4 is 33.8 Å². The molecule has 0 N–H and O–H groups in total. The van der Waals surface area contributed by atoms with Gasteiger partial charge in [0.25, 0.3) is 0 Å². The molecule has 0 aliphatic carbocycles. The predicted molar refractivity (Wildman–Crippen MR) is 89.6 cm³/mol. The Morgan fingerprint density at radius 3 is 2.37 bits per heavy atom. The Kier molecular flexibility index (Phi) is 15.8. The van der Waals surface area contributed by atoms with Crippen molar-refractivity contribution in [2.45, 2.75) is 45.6 Å². The van der Waals surface area contributed by atoms with Crippen LogP contribution in [0.25, 0.3) is 0 Å². The fourth-order valence-corrected chi connectivity index (χ4v) is 5.48. The lowest BCUT2D eigenvalue weighted by molar-refractivity contribution is -0.137. The Hall–Kier alpha value is -0.219. The van der Waals surface area contributed by atoms with Crippen molar-refractivity contribution in [1.82, 2.24) is 0 Å². The van der Waals surface area contributed by atoms with Gasteiger partial charge in [0.05, 0.1) is 6.61 Å². The van der Waals surface area contributed by atoms with E-state index in [2.05, 4.69) is 32.8 Å². The smallest absolute Gasteiger partial charge is 0.330 e. The summed E-state index contributed by atoms with van der Waals surface area (Å²) >= 11 is 0. The van der Waals surface area contributed by atoms with Crippen molar-refractivity contribution in [2.24, 2.45) is 0 Å². The number of ether oxygens (including phenoxy) is 1. The van der Waals surface area contributed by atoms with E-state index in [1.54, 1.807) is 0 Å². The first-order chi connectivity index (χ1) is 8.87. The zero-order chi connectivity index (χ0) is 15.1. The number of hydrogen-bond donors (Lipinski definition) is 0. The Morgan fingerprint density at radius 2 is 2.00 bits per heavy atom. The molecule has 0 spiro atoms. The van der Waals surface area contributed by atoms with Crippen LogP contribution in [0.2, 0.25) is 32.2 Å². The monoisotopic (exact) mass is 322 g/mol. The van der Waals surface area contributed by atoms with Crippen molar-refractivity contribution in [3.8, 4) is 0 Å². The van der Waals surface area contributed by atoms with E-state index in [4.69, 9.17) is 13.3 Å². The molecule has 0 aliphatic heterocycles. The lowest BCUT2D eigenvalue weighted by atomic mass is 10.5. The number of hydrogen-bond acceptors (Lipinski definition) is 4. The summed E-state index contributed by atoms with van der Waals surface area (Å²) in [4.78, 5) is 10.5. The van der Waals surface area contributed by atoms with E-state index in [0.29, 0.717) is 6.61 Å². The lowest BCUT2D eigenvalue weighted by Crippen LogP contribution is -2.26. The summed E-state index contributed by atoms with van der Waals surface area (Å²) in [6.45, 7) is 15.4. The zero-order valence-electron chi connectivity index (χ0n) is 13.2. The molecule has 7 heteroatoms. The van der Waals surface area contributed by atoms with Crippen LogP contribution in [-0.2, 0) is 18.1 Å². The van der Waals surface area contributed by atoms with E-state index in [0.717, 1.165) is 19.1 Å². The van der Waals surface area contributed by atoms with Crippen molar-refractivity contribution < 1.29 is 18.1 Å². The van der Waals surface area contributed by atoms with Gasteiger partial charge in [-0.3, -0.25) is 0 Å². The molecule has 0 aromatic rings. The molecule has 0 amide bonds. The molecule has 0 saturated carbocycles. The average molecular weight is 323 g/mol. The Morgan fingerprint density at radius 1 is 1.37 bits per heavy atom. The van der Waals surface area contributed by atoms with Crippen LogP contribution in [0.4, 0.5) is 0 Å². The number of esters is 1. The van der Waals surface area contributed by atoms with Crippen LogP contribution < -0.4 is 0 Å². The van der Waals surface area contributed by atoms with Crippen LogP contribution >= 0.6 is 0 Å². The fraction of sp³-hybridized carbons (Fsp3) is 0.750. The molecule has 0 aromatic carbocycles. The van der Waals surface area contributed by atoms with E-state index in [1.165, 1.54) is 6.08 Å². The van der Waals surface area contributed by atoms with Crippen LogP contribution in [-0.4, -0.2) is 47.0 Å². The fourth-order valence-electron chi connectivity index (χ4n) is 1.12. The minimum atomic E-state index is -1.10. The Balaban J connectivity index is 0. The minimum absolute atomic E-state index is 0.128. The third-order valence-electron chi connectivity index (χ3n) is 1.88. The third-order valence-corrected chi connectivity index (χ3v) is 7.98. The molecule has 114 valence electrons. The molecule has 0 fully saturated rings. The van der Waals surface area contributed by atoms with Crippen LogP contribution in [0.5, 0.6) is 0 Å². The van der Waals surface area contributed by atoms with Gasteiger partial charge in [0, 0.05) is 12.7 Å². The van der Waals surface area contributed by atoms with Gasteiger partial charge in [-0.05, 0) is 39.0 Å². The SMILES string of the molecule is C=CC(=O)OCCC[SiH2]OCC.C[SiH2]O[Si](C)(C)C. The summed E-state index contributed by atoms with van der Waals surface area (Å²) in [5.74, 6) is -0.340. The molecule has 0 rings (SSSR count). The largest absolute Gasteiger partial charge is 0.463 e. The summed E-state index contributed by atoms with van der Waals surface area (Å²) in [5.41, 5.74) is 0. The van der Waals surface area contributed by atoms with Crippen molar-refractivity contribution in [1.29, 1.82) is 0 Å². The van der Waals surface area contributed by atoms with Crippen LogP contribution in [0.1, 0.15) is 13.3 Å². The molecule has 0 heterocycles. The van der Waals surface area contributed by atoms with Gasteiger partial charge in [0.1, 0.15) is 9.76 Å². The van der Waals surface area contributed by atoms with Crippen LogP contribution in [0.15, 0.2) is 12.7 Å². The number of rotatable bonds is 9. The first-order valence-electron chi connectivity index (χ1n) is 6.88. The zero-order valence-corrected chi connectivity index (χ0v) is 17.0. The third kappa shape index (κ3) is 23.3. The summed E-state index contributed by atoms with van der Waals surface area (Å²) < 4.78 is 15.5. The van der Waals surface area contributed by atoms with Crippen LogP contribution in [0.3, 0.4) is 0 Å².